The molecule has 0 radical (unpaired) electrons. The highest BCUT2D eigenvalue weighted by Crippen LogP contribution is 2.30. The Morgan fingerprint density at radius 2 is 1.78 bits per heavy atom. The first-order valence-electron chi connectivity index (χ1n) is 5.20. The molecule has 0 unspecified atom stereocenters. The van der Waals surface area contributed by atoms with Gasteiger partial charge in [-0.05, 0) is 29.8 Å². The highest BCUT2D eigenvalue weighted by atomic mass is 35.5. The molecule has 0 saturated heterocycles. The zero-order valence-electron chi connectivity index (χ0n) is 9.18. The van der Waals surface area contributed by atoms with E-state index in [0.29, 0.717) is 16.6 Å². The topological polar surface area (TPSA) is 12.0 Å². The normalized spacial score (nSPS) is 10.4. The van der Waals surface area contributed by atoms with Gasteiger partial charge in [0.25, 0.3) is 0 Å². The maximum absolute atomic E-state index is 13.0. The number of nitrogens with one attached hydrogen (secondary N) is 1. The van der Waals surface area contributed by atoms with Crippen LogP contribution in [-0.2, 0) is 6.54 Å². The third kappa shape index (κ3) is 3.08. The van der Waals surface area contributed by atoms with Gasteiger partial charge in [0.2, 0.25) is 0 Å². The summed E-state index contributed by atoms with van der Waals surface area (Å²) in [4.78, 5) is 0. The minimum absolute atomic E-state index is 0.103. The predicted octanol–water partition coefficient (Wildman–Crippen LogP) is 5.40. The highest BCUT2D eigenvalue weighted by molar-refractivity contribution is 6.43. The average molecular weight is 305 g/mol. The fourth-order valence-electron chi connectivity index (χ4n) is 1.49. The summed E-state index contributed by atoms with van der Waals surface area (Å²) >= 11 is 17.6. The van der Waals surface area contributed by atoms with Gasteiger partial charge in [0.1, 0.15) is 5.82 Å². The van der Waals surface area contributed by atoms with Crippen molar-refractivity contribution in [3.8, 4) is 0 Å². The van der Waals surface area contributed by atoms with Gasteiger partial charge >= 0.3 is 0 Å². The van der Waals surface area contributed by atoms with Crippen molar-refractivity contribution in [2.75, 3.05) is 5.32 Å². The second-order valence-electron chi connectivity index (χ2n) is 3.70. The van der Waals surface area contributed by atoms with Gasteiger partial charge < -0.3 is 5.32 Å². The summed E-state index contributed by atoms with van der Waals surface area (Å²) in [5, 5.41) is 4.17. The average Bonchev–Trinajstić information content (AvgIpc) is 2.35. The van der Waals surface area contributed by atoms with Crippen molar-refractivity contribution in [2.24, 2.45) is 0 Å². The molecule has 0 fully saturated rings. The number of rotatable bonds is 3. The summed E-state index contributed by atoms with van der Waals surface area (Å²) in [5.74, 6) is -0.429. The van der Waals surface area contributed by atoms with Gasteiger partial charge in [-0.2, -0.15) is 0 Å². The lowest BCUT2D eigenvalue weighted by atomic mass is 10.2. The van der Waals surface area contributed by atoms with Crippen LogP contribution >= 0.6 is 34.8 Å². The molecule has 0 heterocycles. The Bertz CT molecular complexity index is 572. The Morgan fingerprint density at radius 1 is 1.00 bits per heavy atom. The Balaban J connectivity index is 2.11. The summed E-state index contributed by atoms with van der Waals surface area (Å²) in [7, 11) is 0. The van der Waals surface area contributed by atoms with Crippen molar-refractivity contribution >= 4 is 40.5 Å². The number of halogens is 4. The van der Waals surface area contributed by atoms with Gasteiger partial charge in [0.15, 0.2) is 0 Å². The standard InChI is InChI=1S/C13H9Cl3FN/c14-9-2-1-3-12(13(9)16)18-7-8-4-5-11(17)10(15)6-8/h1-6,18H,7H2. The van der Waals surface area contributed by atoms with Gasteiger partial charge in [-0.25, -0.2) is 4.39 Å². The van der Waals surface area contributed by atoms with Crippen molar-refractivity contribution < 1.29 is 4.39 Å². The number of hydrogen-bond donors (Lipinski definition) is 1. The first-order valence-corrected chi connectivity index (χ1v) is 6.33. The molecule has 0 saturated carbocycles. The molecular formula is C13H9Cl3FN. The summed E-state index contributed by atoms with van der Waals surface area (Å²) in [5.41, 5.74) is 1.59. The van der Waals surface area contributed by atoms with Crippen molar-refractivity contribution in [3.05, 3.63) is 62.8 Å². The van der Waals surface area contributed by atoms with Crippen molar-refractivity contribution in [3.63, 3.8) is 0 Å². The van der Waals surface area contributed by atoms with Gasteiger partial charge in [-0.3, -0.25) is 0 Å². The van der Waals surface area contributed by atoms with Crippen LogP contribution in [-0.4, -0.2) is 0 Å². The Hall–Kier alpha value is -0.960. The minimum Gasteiger partial charge on any atom is -0.380 e. The second-order valence-corrected chi connectivity index (χ2v) is 4.90. The van der Waals surface area contributed by atoms with E-state index in [-0.39, 0.29) is 5.02 Å². The quantitative estimate of drug-likeness (QED) is 0.800. The van der Waals surface area contributed by atoms with Crippen LogP contribution in [0.15, 0.2) is 36.4 Å². The van der Waals surface area contributed by atoms with Crippen LogP contribution in [0.1, 0.15) is 5.56 Å². The van der Waals surface area contributed by atoms with Gasteiger partial charge in [-0.1, -0.05) is 46.9 Å². The molecular weight excluding hydrogens is 296 g/mol. The number of benzene rings is 2. The van der Waals surface area contributed by atoms with Crippen molar-refractivity contribution in [1.82, 2.24) is 0 Å². The van der Waals surface area contributed by atoms with Crippen LogP contribution < -0.4 is 5.32 Å². The SMILES string of the molecule is Fc1ccc(CNc2cccc(Cl)c2Cl)cc1Cl. The largest absolute Gasteiger partial charge is 0.380 e. The molecule has 0 bridgehead atoms. The van der Waals surface area contributed by atoms with Crippen LogP contribution in [0.2, 0.25) is 15.1 Å². The third-order valence-electron chi connectivity index (χ3n) is 2.42. The molecule has 18 heavy (non-hydrogen) atoms. The van der Waals surface area contributed by atoms with E-state index in [2.05, 4.69) is 5.32 Å². The van der Waals surface area contributed by atoms with E-state index in [4.69, 9.17) is 34.8 Å². The molecule has 5 heteroatoms. The zero-order chi connectivity index (χ0) is 13.1. The van der Waals surface area contributed by atoms with Gasteiger partial charge in [0, 0.05) is 6.54 Å². The molecule has 0 aliphatic rings. The first kappa shape index (κ1) is 13.5. The Labute approximate surface area is 119 Å². The van der Waals surface area contributed by atoms with E-state index in [0.717, 1.165) is 11.3 Å². The van der Waals surface area contributed by atoms with E-state index in [9.17, 15) is 4.39 Å². The van der Waals surface area contributed by atoms with Gasteiger partial charge in [-0.15, -0.1) is 0 Å². The fraction of sp³-hybridized carbons (Fsp3) is 0.0769. The highest BCUT2D eigenvalue weighted by Gasteiger charge is 2.05. The van der Waals surface area contributed by atoms with E-state index in [1.807, 2.05) is 6.07 Å². The molecule has 0 aromatic heterocycles. The summed E-state index contributed by atoms with van der Waals surface area (Å²) in [6, 6.07) is 9.89. The monoisotopic (exact) mass is 303 g/mol. The predicted molar refractivity (Wildman–Crippen MR) is 75.2 cm³/mol. The molecule has 0 amide bonds. The minimum atomic E-state index is -0.429. The lowest BCUT2D eigenvalue weighted by Crippen LogP contribution is -2.00. The lowest BCUT2D eigenvalue weighted by molar-refractivity contribution is 0.627. The molecule has 0 spiro atoms. The number of anilines is 1. The van der Waals surface area contributed by atoms with Crippen LogP contribution in [0.4, 0.5) is 10.1 Å². The Kier molecular flexibility index (Phi) is 4.33. The van der Waals surface area contributed by atoms with Gasteiger partial charge in [0.05, 0.1) is 20.8 Å². The van der Waals surface area contributed by atoms with Crippen LogP contribution in [0.3, 0.4) is 0 Å². The van der Waals surface area contributed by atoms with Crippen LogP contribution in [0, 0.1) is 5.82 Å². The second kappa shape index (κ2) is 5.79. The van der Waals surface area contributed by atoms with E-state index < -0.39 is 5.82 Å². The summed E-state index contributed by atoms with van der Waals surface area (Å²) in [6.45, 7) is 0.486. The van der Waals surface area contributed by atoms with Crippen molar-refractivity contribution in [1.29, 1.82) is 0 Å². The smallest absolute Gasteiger partial charge is 0.141 e. The maximum atomic E-state index is 13.0. The molecule has 2 rings (SSSR count). The molecule has 1 N–H and O–H groups in total. The molecule has 0 atom stereocenters. The molecule has 2 aromatic rings. The summed E-state index contributed by atoms with van der Waals surface area (Å²) < 4.78 is 13.0. The molecule has 0 aliphatic carbocycles. The van der Waals surface area contributed by atoms with E-state index in [1.54, 1.807) is 24.3 Å². The maximum Gasteiger partial charge on any atom is 0.141 e. The van der Waals surface area contributed by atoms with E-state index in [1.165, 1.54) is 6.07 Å². The first-order chi connectivity index (χ1) is 8.58. The summed E-state index contributed by atoms with van der Waals surface area (Å²) in [6.07, 6.45) is 0. The molecule has 1 nitrogen and oxygen atoms in total. The number of hydrogen-bond acceptors (Lipinski definition) is 1. The van der Waals surface area contributed by atoms with Crippen LogP contribution in [0.25, 0.3) is 0 Å². The third-order valence-corrected chi connectivity index (χ3v) is 3.53. The zero-order valence-corrected chi connectivity index (χ0v) is 11.5. The van der Waals surface area contributed by atoms with Crippen molar-refractivity contribution in [2.45, 2.75) is 6.54 Å². The van der Waals surface area contributed by atoms with E-state index >= 15 is 0 Å². The van der Waals surface area contributed by atoms with Crippen LogP contribution in [0.5, 0.6) is 0 Å². The Morgan fingerprint density at radius 3 is 2.50 bits per heavy atom. The molecule has 2 aromatic carbocycles. The lowest BCUT2D eigenvalue weighted by Gasteiger charge is -2.09. The molecule has 0 aliphatic heterocycles. The fourth-order valence-corrected chi connectivity index (χ4v) is 2.06. The molecule has 94 valence electrons.